The summed E-state index contributed by atoms with van der Waals surface area (Å²) in [4.78, 5) is 26.1. The molecule has 0 bridgehead atoms. The SMILES string of the molecule is CC(C)(C)OC(=O)N1CCC[C@@H](CN(c2ncc(B3OC(C)(C)C(C)(C)O3)cn2)C2CC2)C1. The molecule has 182 valence electrons. The Morgan fingerprint density at radius 2 is 1.76 bits per heavy atom. The first-order chi connectivity index (χ1) is 15.3. The van der Waals surface area contributed by atoms with Crippen molar-refractivity contribution in [2.24, 2.45) is 5.92 Å². The zero-order valence-electron chi connectivity index (χ0n) is 21.3. The van der Waals surface area contributed by atoms with Crippen molar-refractivity contribution in [3.63, 3.8) is 0 Å². The summed E-state index contributed by atoms with van der Waals surface area (Å²) in [6.07, 6.45) is 7.84. The molecule has 2 aliphatic heterocycles. The Hall–Kier alpha value is -1.87. The molecular weight excluding hydrogens is 419 g/mol. The van der Waals surface area contributed by atoms with E-state index in [2.05, 4.69) is 4.90 Å². The van der Waals surface area contributed by atoms with Crippen molar-refractivity contribution < 1.29 is 18.8 Å². The Morgan fingerprint density at radius 3 is 2.30 bits per heavy atom. The topological polar surface area (TPSA) is 77.0 Å². The molecule has 1 atom stereocenters. The smallest absolute Gasteiger partial charge is 0.444 e. The first-order valence-electron chi connectivity index (χ1n) is 12.3. The molecule has 3 fully saturated rings. The van der Waals surface area contributed by atoms with Gasteiger partial charge in [0.15, 0.2) is 0 Å². The van der Waals surface area contributed by atoms with Crippen molar-refractivity contribution in [2.75, 3.05) is 24.5 Å². The minimum Gasteiger partial charge on any atom is -0.444 e. The fourth-order valence-corrected chi connectivity index (χ4v) is 4.35. The maximum atomic E-state index is 12.6. The lowest BCUT2D eigenvalue weighted by Gasteiger charge is -2.36. The highest BCUT2D eigenvalue weighted by Crippen LogP contribution is 2.36. The molecule has 9 heteroatoms. The van der Waals surface area contributed by atoms with Crippen LogP contribution in [0.25, 0.3) is 0 Å². The van der Waals surface area contributed by atoms with E-state index in [-0.39, 0.29) is 6.09 Å². The van der Waals surface area contributed by atoms with Crippen LogP contribution in [0.5, 0.6) is 0 Å². The van der Waals surface area contributed by atoms with Gasteiger partial charge in [-0.1, -0.05) is 0 Å². The number of hydrogen-bond donors (Lipinski definition) is 0. The van der Waals surface area contributed by atoms with Crippen LogP contribution < -0.4 is 10.4 Å². The number of ether oxygens (including phenoxy) is 1. The minimum atomic E-state index is -0.475. The van der Waals surface area contributed by atoms with E-state index in [4.69, 9.17) is 24.0 Å². The molecule has 0 unspecified atom stereocenters. The number of nitrogens with zero attached hydrogens (tertiary/aromatic N) is 4. The van der Waals surface area contributed by atoms with E-state index >= 15 is 0 Å². The second-order valence-corrected chi connectivity index (χ2v) is 11.7. The maximum Gasteiger partial charge on any atom is 0.498 e. The van der Waals surface area contributed by atoms with Crippen LogP contribution >= 0.6 is 0 Å². The van der Waals surface area contributed by atoms with Gasteiger partial charge in [0.2, 0.25) is 5.95 Å². The predicted molar refractivity (Wildman–Crippen MR) is 129 cm³/mol. The Labute approximate surface area is 198 Å². The Kier molecular flexibility index (Phi) is 6.42. The van der Waals surface area contributed by atoms with Crippen molar-refractivity contribution in [2.45, 2.75) is 97.0 Å². The first-order valence-corrected chi connectivity index (χ1v) is 12.3. The fourth-order valence-electron chi connectivity index (χ4n) is 4.35. The van der Waals surface area contributed by atoms with Gasteiger partial charge in [0.25, 0.3) is 0 Å². The fraction of sp³-hybridized carbons (Fsp3) is 0.792. The second-order valence-electron chi connectivity index (χ2n) is 11.7. The summed E-state index contributed by atoms with van der Waals surface area (Å²) < 4.78 is 17.9. The van der Waals surface area contributed by atoms with Crippen molar-refractivity contribution >= 4 is 24.6 Å². The molecular formula is C24H39BN4O4. The van der Waals surface area contributed by atoms with E-state index in [1.54, 1.807) is 0 Å². The van der Waals surface area contributed by atoms with Gasteiger partial charge in [-0.3, -0.25) is 0 Å². The van der Waals surface area contributed by atoms with Crippen molar-refractivity contribution in [1.29, 1.82) is 0 Å². The zero-order valence-corrected chi connectivity index (χ0v) is 21.3. The van der Waals surface area contributed by atoms with E-state index in [0.717, 1.165) is 50.2 Å². The molecule has 1 amide bonds. The lowest BCUT2D eigenvalue weighted by atomic mass is 9.81. The molecule has 33 heavy (non-hydrogen) atoms. The normalized spacial score (nSPS) is 24.6. The van der Waals surface area contributed by atoms with Crippen LogP contribution in [-0.4, -0.2) is 70.6 Å². The average molecular weight is 458 g/mol. The highest BCUT2D eigenvalue weighted by Gasteiger charge is 2.52. The zero-order chi connectivity index (χ0) is 24.0. The number of hydrogen-bond acceptors (Lipinski definition) is 7. The van der Waals surface area contributed by atoms with Crippen LogP contribution in [0.4, 0.5) is 10.7 Å². The minimum absolute atomic E-state index is 0.215. The van der Waals surface area contributed by atoms with Crippen LogP contribution in [0.2, 0.25) is 0 Å². The summed E-state index contributed by atoms with van der Waals surface area (Å²) >= 11 is 0. The third-order valence-corrected chi connectivity index (χ3v) is 7.05. The summed E-state index contributed by atoms with van der Waals surface area (Å²) in [6.45, 7) is 16.2. The van der Waals surface area contributed by atoms with Crippen LogP contribution in [0.1, 0.15) is 74.1 Å². The van der Waals surface area contributed by atoms with E-state index in [1.807, 2.05) is 65.8 Å². The van der Waals surface area contributed by atoms with Gasteiger partial charge in [-0.15, -0.1) is 0 Å². The molecule has 1 aromatic heterocycles. The monoisotopic (exact) mass is 458 g/mol. The predicted octanol–water partition coefficient (Wildman–Crippen LogP) is 3.39. The van der Waals surface area contributed by atoms with Crippen molar-refractivity contribution in [1.82, 2.24) is 14.9 Å². The highest BCUT2D eigenvalue weighted by atomic mass is 16.7. The summed E-state index contributed by atoms with van der Waals surface area (Å²) in [5.74, 6) is 1.12. The van der Waals surface area contributed by atoms with E-state index in [0.29, 0.717) is 18.5 Å². The Bertz CT molecular complexity index is 835. The molecule has 4 rings (SSSR count). The number of carbonyl (C=O) groups excluding carboxylic acids is 1. The largest absolute Gasteiger partial charge is 0.498 e. The Morgan fingerprint density at radius 1 is 1.15 bits per heavy atom. The average Bonchev–Trinajstić information content (AvgIpc) is 3.52. The van der Waals surface area contributed by atoms with Crippen LogP contribution in [0.15, 0.2) is 12.4 Å². The molecule has 0 radical (unpaired) electrons. The van der Waals surface area contributed by atoms with E-state index in [1.165, 1.54) is 0 Å². The molecule has 0 spiro atoms. The van der Waals surface area contributed by atoms with Gasteiger partial charge in [-0.25, -0.2) is 14.8 Å². The third-order valence-electron chi connectivity index (χ3n) is 7.05. The molecule has 3 aliphatic rings. The summed E-state index contributed by atoms with van der Waals surface area (Å²) in [5, 5.41) is 0. The van der Waals surface area contributed by atoms with Gasteiger partial charge in [0, 0.05) is 43.5 Å². The number of anilines is 1. The summed E-state index contributed by atoms with van der Waals surface area (Å²) in [6, 6.07) is 0.476. The molecule has 1 aromatic rings. The molecule has 1 aliphatic carbocycles. The summed E-state index contributed by atoms with van der Waals surface area (Å²) in [5.41, 5.74) is -0.423. The van der Waals surface area contributed by atoms with Gasteiger partial charge in [0.1, 0.15) is 5.60 Å². The molecule has 2 saturated heterocycles. The van der Waals surface area contributed by atoms with Gasteiger partial charge in [-0.05, 0) is 80.1 Å². The van der Waals surface area contributed by atoms with Crippen LogP contribution in [0, 0.1) is 5.92 Å². The lowest BCUT2D eigenvalue weighted by molar-refractivity contribution is 0.00578. The van der Waals surface area contributed by atoms with Crippen LogP contribution in [-0.2, 0) is 14.0 Å². The number of aromatic nitrogens is 2. The quantitative estimate of drug-likeness (QED) is 0.626. The molecule has 0 N–H and O–H groups in total. The lowest BCUT2D eigenvalue weighted by Crippen LogP contribution is -2.46. The maximum absolute atomic E-state index is 12.6. The van der Waals surface area contributed by atoms with E-state index < -0.39 is 23.9 Å². The third kappa shape index (κ3) is 5.62. The van der Waals surface area contributed by atoms with Gasteiger partial charge < -0.3 is 23.8 Å². The standard InChI is InChI=1S/C24H39BN4O4/c1-22(2,3)31-21(30)28-12-8-9-17(15-28)16-29(19-10-11-19)20-26-13-18(14-27-20)25-32-23(4,5)24(6,7)33-25/h13-14,17,19H,8-12,15-16H2,1-7H3/t17-/m1/s1. The number of rotatable bonds is 5. The molecule has 0 aromatic carbocycles. The van der Waals surface area contributed by atoms with Crippen molar-refractivity contribution in [3.8, 4) is 0 Å². The van der Waals surface area contributed by atoms with E-state index in [9.17, 15) is 4.79 Å². The number of piperidine rings is 1. The highest BCUT2D eigenvalue weighted by molar-refractivity contribution is 6.61. The molecule has 8 nitrogen and oxygen atoms in total. The number of carbonyl (C=O) groups is 1. The van der Waals surface area contributed by atoms with Crippen molar-refractivity contribution in [3.05, 3.63) is 12.4 Å². The molecule has 1 saturated carbocycles. The van der Waals surface area contributed by atoms with Gasteiger partial charge >= 0.3 is 13.2 Å². The first kappa shape index (κ1) is 24.3. The van der Waals surface area contributed by atoms with Gasteiger partial charge in [-0.2, -0.15) is 0 Å². The molecule has 3 heterocycles. The number of amides is 1. The van der Waals surface area contributed by atoms with Gasteiger partial charge in [0.05, 0.1) is 11.2 Å². The summed E-state index contributed by atoms with van der Waals surface area (Å²) in [7, 11) is -0.459. The number of likely N-dealkylation sites (tertiary alicyclic amines) is 1. The van der Waals surface area contributed by atoms with Crippen LogP contribution in [0.3, 0.4) is 0 Å². The second kappa shape index (κ2) is 8.73. The Balaban J connectivity index is 1.41.